The Morgan fingerprint density at radius 1 is 1.13 bits per heavy atom. The van der Waals surface area contributed by atoms with Crippen molar-refractivity contribution < 1.29 is 17.6 Å². The van der Waals surface area contributed by atoms with E-state index in [4.69, 9.17) is 11.6 Å². The average Bonchev–Trinajstić information content (AvgIpc) is 3.12. The molecule has 0 N–H and O–H groups in total. The SMILES string of the molecule is CN(C)CCCN(C(=O)CCS(=O)(=O)c1ccc(Cl)cc1)c1nc2ccc(F)cc2s1. The van der Waals surface area contributed by atoms with Crippen LogP contribution in [0.15, 0.2) is 47.4 Å². The van der Waals surface area contributed by atoms with E-state index in [9.17, 15) is 17.6 Å². The Balaban J connectivity index is 1.78. The van der Waals surface area contributed by atoms with Crippen LogP contribution in [0.5, 0.6) is 0 Å². The Morgan fingerprint density at radius 3 is 2.52 bits per heavy atom. The number of thiazole rings is 1. The molecule has 6 nitrogen and oxygen atoms in total. The molecule has 0 aliphatic carbocycles. The molecule has 1 heterocycles. The normalized spacial score (nSPS) is 11.9. The minimum absolute atomic E-state index is 0.124. The summed E-state index contributed by atoms with van der Waals surface area (Å²) in [6, 6.07) is 10.1. The van der Waals surface area contributed by atoms with Crippen molar-refractivity contribution in [3.05, 3.63) is 53.3 Å². The molecular weight excluding hydrogens is 461 g/mol. The first-order valence-corrected chi connectivity index (χ1v) is 12.5. The summed E-state index contributed by atoms with van der Waals surface area (Å²) in [6.07, 6.45) is 0.504. The first-order chi connectivity index (χ1) is 14.7. The van der Waals surface area contributed by atoms with Crippen molar-refractivity contribution in [1.29, 1.82) is 0 Å². The first kappa shape index (κ1) is 23.6. The maximum absolute atomic E-state index is 13.6. The number of amides is 1. The number of benzene rings is 2. The number of nitrogens with zero attached hydrogens (tertiary/aromatic N) is 3. The van der Waals surface area contributed by atoms with Gasteiger partial charge < -0.3 is 4.90 Å². The van der Waals surface area contributed by atoms with Crippen LogP contribution in [-0.2, 0) is 14.6 Å². The van der Waals surface area contributed by atoms with Crippen molar-refractivity contribution in [3.63, 3.8) is 0 Å². The highest BCUT2D eigenvalue weighted by Crippen LogP contribution is 2.30. The number of carbonyl (C=O) groups is 1. The second-order valence-corrected chi connectivity index (χ2v) is 10.9. The molecule has 0 aliphatic rings. The van der Waals surface area contributed by atoms with Gasteiger partial charge in [-0.25, -0.2) is 17.8 Å². The van der Waals surface area contributed by atoms with Crippen LogP contribution in [0.25, 0.3) is 10.2 Å². The quantitative estimate of drug-likeness (QED) is 0.455. The Morgan fingerprint density at radius 2 is 1.84 bits per heavy atom. The van der Waals surface area contributed by atoms with Gasteiger partial charge in [0.15, 0.2) is 15.0 Å². The zero-order valence-corrected chi connectivity index (χ0v) is 19.6. The lowest BCUT2D eigenvalue weighted by Gasteiger charge is -2.21. The van der Waals surface area contributed by atoms with Gasteiger partial charge in [0.25, 0.3) is 0 Å². The number of fused-ring (bicyclic) bond motifs is 1. The largest absolute Gasteiger partial charge is 0.309 e. The van der Waals surface area contributed by atoms with Crippen molar-refractivity contribution in [1.82, 2.24) is 9.88 Å². The van der Waals surface area contributed by atoms with Crippen molar-refractivity contribution in [2.45, 2.75) is 17.7 Å². The number of aromatic nitrogens is 1. The maximum Gasteiger partial charge on any atom is 0.229 e. The molecule has 1 aromatic heterocycles. The zero-order valence-electron chi connectivity index (χ0n) is 17.2. The average molecular weight is 484 g/mol. The van der Waals surface area contributed by atoms with Crippen LogP contribution in [0, 0.1) is 5.82 Å². The van der Waals surface area contributed by atoms with Crippen LogP contribution in [0.4, 0.5) is 9.52 Å². The third kappa shape index (κ3) is 6.22. The smallest absolute Gasteiger partial charge is 0.229 e. The van der Waals surface area contributed by atoms with Crippen molar-refractivity contribution in [2.24, 2.45) is 0 Å². The van der Waals surface area contributed by atoms with Gasteiger partial charge >= 0.3 is 0 Å². The minimum atomic E-state index is -3.63. The van der Waals surface area contributed by atoms with Crippen LogP contribution in [0.1, 0.15) is 12.8 Å². The van der Waals surface area contributed by atoms with E-state index < -0.39 is 9.84 Å². The van der Waals surface area contributed by atoms with Gasteiger partial charge in [-0.15, -0.1) is 0 Å². The molecule has 0 unspecified atom stereocenters. The standard InChI is InChI=1S/C21H23ClFN3O3S2/c1-25(2)11-3-12-26(21-24-18-9-6-16(23)14-19(18)30-21)20(27)10-13-31(28,29)17-7-4-15(22)5-8-17/h4-9,14H,3,10-13H2,1-2H3. The number of rotatable bonds is 9. The summed E-state index contributed by atoms with van der Waals surface area (Å²) >= 11 is 7.04. The monoisotopic (exact) mass is 483 g/mol. The number of halogens is 2. The highest BCUT2D eigenvalue weighted by atomic mass is 35.5. The minimum Gasteiger partial charge on any atom is -0.309 e. The molecule has 0 atom stereocenters. The molecule has 0 radical (unpaired) electrons. The number of hydrogen-bond donors (Lipinski definition) is 0. The first-order valence-electron chi connectivity index (χ1n) is 9.65. The van der Waals surface area contributed by atoms with E-state index in [0.717, 1.165) is 6.54 Å². The van der Waals surface area contributed by atoms with Gasteiger partial charge in [0, 0.05) is 18.0 Å². The van der Waals surface area contributed by atoms with Gasteiger partial charge in [0.05, 0.1) is 20.9 Å². The van der Waals surface area contributed by atoms with E-state index in [2.05, 4.69) is 4.98 Å². The summed E-state index contributed by atoms with van der Waals surface area (Å²) in [6.45, 7) is 1.15. The molecule has 0 fully saturated rings. The fourth-order valence-corrected chi connectivity index (χ4v) is 5.38. The van der Waals surface area contributed by atoms with E-state index in [1.807, 2.05) is 19.0 Å². The number of carbonyl (C=O) groups excluding carboxylic acids is 1. The van der Waals surface area contributed by atoms with Crippen LogP contribution in [0.2, 0.25) is 5.02 Å². The van der Waals surface area contributed by atoms with Gasteiger partial charge in [-0.1, -0.05) is 22.9 Å². The summed E-state index contributed by atoms with van der Waals surface area (Å²) in [5.41, 5.74) is 0.598. The summed E-state index contributed by atoms with van der Waals surface area (Å²) in [4.78, 5) is 21.1. The number of anilines is 1. The van der Waals surface area contributed by atoms with Crippen LogP contribution >= 0.6 is 22.9 Å². The van der Waals surface area contributed by atoms with Crippen molar-refractivity contribution in [3.8, 4) is 0 Å². The predicted octanol–water partition coefficient (Wildman–Crippen LogP) is 4.24. The van der Waals surface area contributed by atoms with E-state index in [0.29, 0.717) is 33.3 Å². The Kier molecular flexibility index (Phi) is 7.64. The van der Waals surface area contributed by atoms with E-state index in [1.165, 1.54) is 52.6 Å². The summed E-state index contributed by atoms with van der Waals surface area (Å²) in [5.74, 6) is -1.03. The Bertz CT molecular complexity index is 1160. The molecule has 0 saturated carbocycles. The van der Waals surface area contributed by atoms with Crippen LogP contribution in [0.3, 0.4) is 0 Å². The lowest BCUT2D eigenvalue weighted by molar-refractivity contribution is -0.118. The predicted molar refractivity (Wildman–Crippen MR) is 123 cm³/mol. The summed E-state index contributed by atoms with van der Waals surface area (Å²) in [7, 11) is 0.239. The molecule has 2 aromatic carbocycles. The van der Waals surface area contributed by atoms with E-state index in [1.54, 1.807) is 6.07 Å². The summed E-state index contributed by atoms with van der Waals surface area (Å²) < 4.78 is 39.4. The van der Waals surface area contributed by atoms with Crippen LogP contribution in [-0.4, -0.2) is 57.1 Å². The molecule has 10 heteroatoms. The fourth-order valence-electron chi connectivity index (χ4n) is 2.99. The highest BCUT2D eigenvalue weighted by molar-refractivity contribution is 7.91. The third-order valence-electron chi connectivity index (χ3n) is 4.62. The second kappa shape index (κ2) is 10.0. The molecule has 1 amide bonds. The lowest BCUT2D eigenvalue weighted by atomic mass is 10.3. The third-order valence-corrected chi connectivity index (χ3v) is 7.64. The van der Waals surface area contributed by atoms with E-state index in [-0.39, 0.29) is 28.8 Å². The molecule has 0 bridgehead atoms. The van der Waals surface area contributed by atoms with Gasteiger partial charge in [0.2, 0.25) is 5.91 Å². The van der Waals surface area contributed by atoms with Gasteiger partial charge in [0.1, 0.15) is 5.82 Å². The highest BCUT2D eigenvalue weighted by Gasteiger charge is 2.23. The second-order valence-electron chi connectivity index (χ2n) is 7.33. The maximum atomic E-state index is 13.6. The fraction of sp³-hybridized carbons (Fsp3) is 0.333. The number of hydrogen-bond acceptors (Lipinski definition) is 6. The topological polar surface area (TPSA) is 70.6 Å². The molecule has 3 rings (SSSR count). The summed E-state index contributed by atoms with van der Waals surface area (Å²) in [5, 5.41) is 0.877. The molecule has 0 aliphatic heterocycles. The Hall–Kier alpha value is -2.07. The van der Waals surface area contributed by atoms with E-state index >= 15 is 0 Å². The Labute approximate surface area is 190 Å². The molecule has 166 valence electrons. The van der Waals surface area contributed by atoms with Crippen LogP contribution < -0.4 is 4.90 Å². The van der Waals surface area contributed by atoms with Gasteiger partial charge in [-0.3, -0.25) is 9.69 Å². The molecule has 0 spiro atoms. The molecule has 31 heavy (non-hydrogen) atoms. The lowest BCUT2D eigenvalue weighted by Crippen LogP contribution is -2.34. The molecule has 3 aromatic rings. The molecule has 0 saturated heterocycles. The number of sulfone groups is 1. The van der Waals surface area contributed by atoms with Crippen molar-refractivity contribution >= 4 is 54.0 Å². The van der Waals surface area contributed by atoms with Crippen molar-refractivity contribution in [2.75, 3.05) is 37.8 Å². The van der Waals surface area contributed by atoms with Gasteiger partial charge in [-0.2, -0.15) is 0 Å². The van der Waals surface area contributed by atoms with Gasteiger partial charge in [-0.05, 0) is 69.5 Å². The molecular formula is C21H23ClFN3O3S2. The zero-order chi connectivity index (χ0) is 22.6.